The van der Waals surface area contributed by atoms with Crippen molar-refractivity contribution in [2.45, 2.75) is 205 Å². The van der Waals surface area contributed by atoms with Crippen LogP contribution in [0.4, 0.5) is 4.79 Å². The van der Waals surface area contributed by atoms with Crippen molar-refractivity contribution in [3.05, 3.63) is 23.3 Å². The molecule has 0 aromatic rings. The number of amides is 4. The Morgan fingerprint density at radius 2 is 0.821 bits per heavy atom. The van der Waals surface area contributed by atoms with Crippen LogP contribution in [-0.2, 0) is 49.3 Å². The fourth-order valence-corrected chi connectivity index (χ4v) is 0.745. The average molecular weight is 1450 g/mol. The number of ether oxygens (including phenoxy) is 2. The molecule has 0 bridgehead atoms. The third kappa shape index (κ3) is 278. The first-order valence-electron chi connectivity index (χ1n) is 32.4. The highest BCUT2D eigenvalue weighted by atomic mass is 32.2. The summed E-state index contributed by atoms with van der Waals surface area (Å²) in [6.07, 6.45) is 11.3. The summed E-state index contributed by atoms with van der Waals surface area (Å²) in [7, 11) is 29.3. The first kappa shape index (κ1) is 135. The van der Waals surface area contributed by atoms with Gasteiger partial charge in [0.25, 0.3) is 0 Å². The maximum absolute atomic E-state index is 10.2. The average Bonchev–Trinajstić information content (AvgIpc) is 3.61. The number of nitrogens with zero attached hydrogens (tertiary/aromatic N) is 9. The van der Waals surface area contributed by atoms with E-state index in [1.807, 2.05) is 119 Å². The standard InChI is InChI=1S/C5H10N2.C5H13N.C5H12O.C5H10O.C5H12.2C5H10.C4H9NO2.3C4H9NO.C4H9NS.C4H11N.C3H8O2S.C3H8OS.C3H8O.C3H8S/c1-5(4-6)7(2)3;1-4-5-6(2)3;2*1-4(2)5(3)6;3*1-4-5(2)3;1-5(2)4(6)7-3;4*1-4(6)5(2)3;1-4-5(2)3;1-3-6(2,4)5;1-3-5(2)4;2*1-3-4-2/h5H,1-3H3;4-5H2,1-3H3;4-6H,1-3H3;4H,1-3H3;5H,4H2,1-3H3;2*4H,1-3H3;1-3H3;4*1-3H3;4H2,1-3H3;3H2,1-2H3;3H2,1-2H3;2*3H2,1-2H3. The van der Waals surface area contributed by atoms with E-state index in [0.29, 0.717) is 5.92 Å². The molecule has 20 nitrogen and oxygen atoms in total. The van der Waals surface area contributed by atoms with E-state index >= 15 is 0 Å². The van der Waals surface area contributed by atoms with Crippen molar-refractivity contribution in [1.82, 2.24) is 39.2 Å². The van der Waals surface area contributed by atoms with E-state index in [-0.39, 0.29) is 53.4 Å². The summed E-state index contributed by atoms with van der Waals surface area (Å²) in [4.78, 5) is 65.5. The molecule has 0 aromatic heterocycles. The predicted molar refractivity (Wildman–Crippen MR) is 432 cm³/mol. The second kappa shape index (κ2) is 106. The number of carbonyl (C=O) groups excluding carboxylic acids is 5. The quantitative estimate of drug-likeness (QED) is 0.150. The maximum Gasteiger partial charge on any atom is 0.408 e. The van der Waals surface area contributed by atoms with Crippen molar-refractivity contribution in [1.29, 1.82) is 5.26 Å². The molecule has 0 radical (unpaired) electrons. The Morgan fingerprint density at radius 3 is 0.821 bits per heavy atom. The minimum absolute atomic E-state index is 0.0417. The summed E-state index contributed by atoms with van der Waals surface area (Å²) in [5.41, 5.74) is 2.76. The summed E-state index contributed by atoms with van der Waals surface area (Å²) >= 11 is 6.60. The number of carbonyl (C=O) groups is 5. The second-order valence-corrected chi connectivity index (χ2v) is 29.4. The highest BCUT2D eigenvalue weighted by Crippen LogP contribution is 1.97. The van der Waals surface area contributed by atoms with Gasteiger partial charge in [-0.1, -0.05) is 125 Å². The second-order valence-electron chi connectivity index (χ2n) is 23.5. The van der Waals surface area contributed by atoms with Crippen LogP contribution in [-0.4, -0.2) is 286 Å². The number of Topliss-reactive ketones (excluding diaryl/α,β-unsaturated/α-hetero) is 1. The van der Waals surface area contributed by atoms with Crippen LogP contribution in [0.3, 0.4) is 0 Å². The van der Waals surface area contributed by atoms with Crippen molar-refractivity contribution >= 4 is 79.2 Å². The van der Waals surface area contributed by atoms with Crippen LogP contribution >= 0.6 is 24.0 Å². The van der Waals surface area contributed by atoms with Crippen molar-refractivity contribution in [2.24, 2.45) is 17.8 Å². The summed E-state index contributed by atoms with van der Waals surface area (Å²) in [6.45, 7) is 53.6. The highest BCUT2D eigenvalue weighted by Gasteiger charge is 1.99. The van der Waals surface area contributed by atoms with Gasteiger partial charge >= 0.3 is 6.09 Å². The summed E-state index contributed by atoms with van der Waals surface area (Å²) in [5.74, 6) is 4.30. The van der Waals surface area contributed by atoms with Gasteiger partial charge in [-0.3, -0.25) is 28.3 Å². The summed E-state index contributed by atoms with van der Waals surface area (Å²) < 4.78 is 38.8. The molecule has 0 saturated heterocycles. The molecule has 1 N–H and O–H groups in total. The van der Waals surface area contributed by atoms with Gasteiger partial charge < -0.3 is 48.9 Å². The zero-order valence-corrected chi connectivity index (χ0v) is 74.7. The van der Waals surface area contributed by atoms with E-state index in [1.54, 1.807) is 90.5 Å². The number of aliphatic hydroxyl groups excluding tert-OH is 1. The van der Waals surface area contributed by atoms with Crippen molar-refractivity contribution in [2.75, 3.05) is 183 Å². The van der Waals surface area contributed by atoms with E-state index in [1.165, 1.54) is 90.0 Å². The Hall–Kier alpha value is -3.54. The van der Waals surface area contributed by atoms with Crippen LogP contribution in [0.2, 0.25) is 0 Å². The van der Waals surface area contributed by atoms with Gasteiger partial charge in [0.1, 0.15) is 15.6 Å². The molecule has 0 saturated carbocycles. The fraction of sp³-hybridized carbons (Fsp3) is 0.845. The number of nitriles is 1. The minimum atomic E-state index is -2.66. The highest BCUT2D eigenvalue weighted by molar-refractivity contribution is 7.98. The van der Waals surface area contributed by atoms with Gasteiger partial charge in [0.2, 0.25) is 17.7 Å². The monoisotopic (exact) mass is 1450 g/mol. The Labute approximate surface area is 606 Å². The molecule has 0 aromatic carbocycles. The van der Waals surface area contributed by atoms with Gasteiger partial charge in [-0.2, -0.15) is 17.0 Å². The smallest absolute Gasteiger partial charge is 0.408 e. The molecule has 584 valence electrons. The number of rotatable bonds is 11. The molecule has 0 rings (SSSR count). The molecule has 3 atom stereocenters. The number of ketones is 1. The zero-order valence-electron chi connectivity index (χ0n) is 71.4. The lowest BCUT2D eigenvalue weighted by Crippen LogP contribution is -2.22. The molecule has 0 aliphatic rings. The van der Waals surface area contributed by atoms with E-state index < -0.39 is 20.6 Å². The van der Waals surface area contributed by atoms with Gasteiger partial charge in [0.15, 0.2) is 0 Å². The minimum Gasteiger partial charge on any atom is -0.453 e. The molecule has 24 heteroatoms. The number of sulfone groups is 1. The van der Waals surface area contributed by atoms with Crippen molar-refractivity contribution < 1.29 is 51.2 Å². The number of methoxy groups -OCH3 is 2. The molecule has 0 spiro atoms. The molecule has 0 heterocycles. The van der Waals surface area contributed by atoms with E-state index in [9.17, 15) is 36.6 Å². The van der Waals surface area contributed by atoms with Gasteiger partial charge in [0, 0.05) is 146 Å². The third-order valence-electron chi connectivity index (χ3n) is 10.6. The molecule has 0 aliphatic heterocycles. The number of hydrogen-bond donors (Lipinski definition) is 1. The lowest BCUT2D eigenvalue weighted by molar-refractivity contribution is -0.127. The number of allylic oxidation sites excluding steroid dienone is 4. The largest absolute Gasteiger partial charge is 0.453 e. The fourth-order valence-electron chi connectivity index (χ4n) is 0.745. The van der Waals surface area contributed by atoms with Crippen molar-refractivity contribution in [3.63, 3.8) is 0 Å². The van der Waals surface area contributed by atoms with E-state index in [0.717, 1.165) is 29.8 Å². The number of thiocarbonyl (C=S) groups is 1. The molecule has 0 aliphatic carbocycles. The Kier molecular flexibility index (Phi) is 151. The maximum atomic E-state index is 10.2. The van der Waals surface area contributed by atoms with Crippen molar-refractivity contribution in [3.8, 4) is 6.07 Å². The molecule has 0 fully saturated rings. The normalized spacial score (nSPS) is 9.65. The lowest BCUT2D eigenvalue weighted by Gasteiger charge is -2.09. The van der Waals surface area contributed by atoms with Crippen LogP contribution in [0.25, 0.3) is 0 Å². The lowest BCUT2D eigenvalue weighted by atomic mass is 10.1. The van der Waals surface area contributed by atoms with Crippen LogP contribution in [0.5, 0.6) is 0 Å². The van der Waals surface area contributed by atoms with E-state index in [4.69, 9.17) is 22.6 Å². The Morgan fingerprint density at radius 1 is 0.611 bits per heavy atom. The van der Waals surface area contributed by atoms with Crippen LogP contribution in [0, 0.1) is 29.1 Å². The first-order chi connectivity index (χ1) is 42.7. The SMILES string of the molecule is CC(=O)C(C)C.CC(=O)N(C)C.CC(=O)N(C)C.CC(=O)N(C)C.CC(=S)N(C)C.CC(C#N)N(C)C.CC(C)C(C)O.CC=C(C)C.CC=C(C)C.CCC(C)C.CCCN(C)C.CCN(C)C.CCOC.CCS(C)(=O)=O.CCS(C)=O.CCSC.COC(=O)N(C)C. The van der Waals surface area contributed by atoms with Gasteiger partial charge in [-0.25, -0.2) is 13.2 Å². The van der Waals surface area contributed by atoms with E-state index in [2.05, 4.69) is 141 Å². The molecule has 95 heavy (non-hydrogen) atoms. The zero-order chi connectivity index (χ0) is 81.1. The van der Waals surface area contributed by atoms with Gasteiger partial charge in [0.05, 0.1) is 30.3 Å². The Bertz CT molecular complexity index is 1670. The molecule has 3 unspecified atom stereocenters. The third-order valence-corrected chi connectivity index (χ3v) is 13.4. The molecule has 4 amide bonds. The Balaban J connectivity index is -0.0000000454. The molecular formula is C71H165N9O11S4. The number of hydrogen-bond acceptors (Lipinski definition) is 17. The van der Waals surface area contributed by atoms with Crippen LogP contribution in [0.1, 0.15) is 193 Å². The van der Waals surface area contributed by atoms with Gasteiger partial charge in [-0.05, 0) is 162 Å². The van der Waals surface area contributed by atoms with Crippen LogP contribution in [0.15, 0.2) is 23.3 Å². The molecular weight excluding hydrogens is 1280 g/mol. The number of aliphatic hydroxyl groups is 1. The first-order valence-corrected chi connectivity index (χ1v) is 38.0. The number of thioether (sulfide) groups is 1. The summed E-state index contributed by atoms with van der Waals surface area (Å²) in [5, 5.41) is 16.8. The van der Waals surface area contributed by atoms with Gasteiger partial charge in [-0.15, -0.1) is 0 Å². The topological polar surface area (TPSA) is 225 Å². The van der Waals surface area contributed by atoms with Crippen LogP contribution < -0.4 is 0 Å². The predicted octanol–water partition coefficient (Wildman–Crippen LogP) is 14.2. The summed E-state index contributed by atoms with van der Waals surface area (Å²) in [6, 6.07) is 2.13.